The zero-order valence-electron chi connectivity index (χ0n) is 9.45. The third-order valence-corrected chi connectivity index (χ3v) is 3.11. The molecule has 0 bridgehead atoms. The average molecular weight is 225 g/mol. The molecule has 2 nitrogen and oxygen atoms in total. The van der Waals surface area contributed by atoms with E-state index < -0.39 is 10.8 Å². The van der Waals surface area contributed by atoms with Gasteiger partial charge in [-0.25, -0.2) is 0 Å². The van der Waals surface area contributed by atoms with Crippen LogP contribution < -0.4 is 5.32 Å². The normalized spacial score (nSPS) is 12.7. The van der Waals surface area contributed by atoms with Crippen molar-refractivity contribution in [2.24, 2.45) is 0 Å². The van der Waals surface area contributed by atoms with Crippen LogP contribution in [-0.2, 0) is 23.8 Å². The molecule has 3 heteroatoms. The van der Waals surface area contributed by atoms with Gasteiger partial charge in [0.05, 0.1) is 0 Å². The van der Waals surface area contributed by atoms with Gasteiger partial charge in [-0.05, 0) is 17.5 Å². The van der Waals surface area contributed by atoms with E-state index >= 15 is 0 Å². The highest BCUT2D eigenvalue weighted by atomic mass is 32.2. The maximum absolute atomic E-state index is 10.8. The summed E-state index contributed by atoms with van der Waals surface area (Å²) in [7, 11) is -0.691. The van der Waals surface area contributed by atoms with Gasteiger partial charge < -0.3 is 5.32 Å². The van der Waals surface area contributed by atoms with Gasteiger partial charge in [0.1, 0.15) is 0 Å². The molecule has 0 aliphatic rings. The van der Waals surface area contributed by atoms with Crippen molar-refractivity contribution in [3.05, 3.63) is 35.4 Å². The molecule has 0 saturated carbocycles. The minimum Gasteiger partial charge on any atom is -0.312 e. The lowest BCUT2D eigenvalue weighted by Crippen LogP contribution is -2.19. The van der Waals surface area contributed by atoms with Crippen molar-refractivity contribution in [3.8, 4) is 0 Å². The van der Waals surface area contributed by atoms with Gasteiger partial charge in [-0.2, -0.15) is 0 Å². The molecule has 1 rings (SSSR count). The molecule has 0 radical (unpaired) electrons. The fraction of sp³-hybridized carbons (Fsp3) is 0.500. The SMILES string of the molecule is CCc1ccc(CNCCS(C)=O)cc1. The van der Waals surface area contributed by atoms with Crippen LogP contribution >= 0.6 is 0 Å². The Balaban J connectivity index is 2.28. The number of rotatable bonds is 6. The summed E-state index contributed by atoms with van der Waals surface area (Å²) in [4.78, 5) is 0. The van der Waals surface area contributed by atoms with E-state index in [1.54, 1.807) is 6.26 Å². The quantitative estimate of drug-likeness (QED) is 0.747. The van der Waals surface area contributed by atoms with Crippen LogP contribution in [-0.4, -0.2) is 22.8 Å². The molecule has 0 amide bonds. The van der Waals surface area contributed by atoms with Gasteiger partial charge in [-0.15, -0.1) is 0 Å². The molecule has 1 unspecified atom stereocenters. The molecule has 0 aliphatic heterocycles. The molecule has 1 N–H and O–H groups in total. The van der Waals surface area contributed by atoms with E-state index in [2.05, 4.69) is 36.5 Å². The van der Waals surface area contributed by atoms with Crippen LogP contribution in [0.5, 0.6) is 0 Å². The number of hydrogen-bond donors (Lipinski definition) is 1. The van der Waals surface area contributed by atoms with Gasteiger partial charge in [0.15, 0.2) is 0 Å². The highest BCUT2D eigenvalue weighted by Crippen LogP contribution is 2.04. The smallest absolute Gasteiger partial charge is 0.0357 e. The summed E-state index contributed by atoms with van der Waals surface area (Å²) in [6.07, 6.45) is 2.82. The molecule has 1 aromatic carbocycles. The molecule has 0 heterocycles. The largest absolute Gasteiger partial charge is 0.312 e. The van der Waals surface area contributed by atoms with Gasteiger partial charge in [-0.3, -0.25) is 4.21 Å². The first-order valence-electron chi connectivity index (χ1n) is 5.31. The molecular weight excluding hydrogens is 206 g/mol. The Morgan fingerprint density at radius 2 is 1.80 bits per heavy atom. The zero-order valence-corrected chi connectivity index (χ0v) is 10.3. The van der Waals surface area contributed by atoms with E-state index in [9.17, 15) is 4.21 Å². The summed E-state index contributed by atoms with van der Waals surface area (Å²) >= 11 is 0. The number of benzene rings is 1. The monoisotopic (exact) mass is 225 g/mol. The van der Waals surface area contributed by atoms with Crippen molar-refractivity contribution in [3.63, 3.8) is 0 Å². The first kappa shape index (κ1) is 12.4. The van der Waals surface area contributed by atoms with Crippen LogP contribution in [0.3, 0.4) is 0 Å². The van der Waals surface area contributed by atoms with Crippen LogP contribution in [0.25, 0.3) is 0 Å². The molecular formula is C12H19NOS. The predicted octanol–water partition coefficient (Wildman–Crippen LogP) is 1.72. The van der Waals surface area contributed by atoms with Crippen LogP contribution in [0.2, 0.25) is 0 Å². The number of hydrogen-bond acceptors (Lipinski definition) is 2. The van der Waals surface area contributed by atoms with Crippen molar-refractivity contribution in [2.75, 3.05) is 18.6 Å². The predicted molar refractivity (Wildman–Crippen MR) is 66.5 cm³/mol. The minimum atomic E-state index is -0.691. The molecule has 0 fully saturated rings. The summed E-state index contributed by atoms with van der Waals surface area (Å²) in [5.74, 6) is 0.729. The summed E-state index contributed by atoms with van der Waals surface area (Å²) in [5.41, 5.74) is 2.66. The highest BCUT2D eigenvalue weighted by molar-refractivity contribution is 7.84. The van der Waals surface area contributed by atoms with E-state index in [-0.39, 0.29) is 0 Å². The van der Waals surface area contributed by atoms with Crippen molar-refractivity contribution in [2.45, 2.75) is 19.9 Å². The Hall–Kier alpha value is -0.670. The Labute approximate surface area is 94.5 Å². The fourth-order valence-electron chi connectivity index (χ4n) is 1.34. The van der Waals surface area contributed by atoms with Crippen LogP contribution in [0.15, 0.2) is 24.3 Å². The fourth-order valence-corrected chi connectivity index (χ4v) is 1.77. The first-order chi connectivity index (χ1) is 7.22. The van der Waals surface area contributed by atoms with Crippen molar-refractivity contribution in [1.29, 1.82) is 0 Å². The van der Waals surface area contributed by atoms with Crippen LogP contribution in [0.4, 0.5) is 0 Å². The second-order valence-electron chi connectivity index (χ2n) is 3.62. The van der Waals surface area contributed by atoms with Crippen LogP contribution in [0.1, 0.15) is 18.1 Å². The van der Waals surface area contributed by atoms with Gasteiger partial charge in [0.25, 0.3) is 0 Å². The maximum atomic E-state index is 10.8. The maximum Gasteiger partial charge on any atom is 0.0357 e. The summed E-state index contributed by atoms with van der Waals surface area (Å²) in [6.45, 7) is 3.84. The van der Waals surface area contributed by atoms with E-state index in [1.807, 2.05) is 0 Å². The standard InChI is InChI=1S/C12H19NOS/c1-3-11-4-6-12(7-5-11)10-13-8-9-15(2)14/h4-7,13H,3,8-10H2,1-2H3. The molecule has 0 spiro atoms. The topological polar surface area (TPSA) is 29.1 Å². The zero-order chi connectivity index (χ0) is 11.1. The number of nitrogens with one attached hydrogen (secondary N) is 1. The molecule has 1 aromatic rings. The Kier molecular flexibility index (Phi) is 5.58. The Bertz CT molecular complexity index is 308. The van der Waals surface area contributed by atoms with E-state index in [1.165, 1.54) is 11.1 Å². The van der Waals surface area contributed by atoms with Crippen molar-refractivity contribution < 1.29 is 4.21 Å². The third kappa shape index (κ3) is 5.09. The van der Waals surface area contributed by atoms with Crippen LogP contribution in [0, 0.1) is 0 Å². The molecule has 0 saturated heterocycles. The lowest BCUT2D eigenvalue weighted by Gasteiger charge is -2.04. The second-order valence-corrected chi connectivity index (χ2v) is 5.18. The average Bonchev–Trinajstić information content (AvgIpc) is 2.25. The van der Waals surface area contributed by atoms with E-state index in [0.717, 1.165) is 25.3 Å². The Morgan fingerprint density at radius 3 is 2.33 bits per heavy atom. The molecule has 15 heavy (non-hydrogen) atoms. The summed E-state index contributed by atoms with van der Waals surface area (Å²) in [6, 6.07) is 8.62. The lowest BCUT2D eigenvalue weighted by atomic mass is 10.1. The Morgan fingerprint density at radius 1 is 1.20 bits per heavy atom. The van der Waals surface area contributed by atoms with Gasteiger partial charge in [0.2, 0.25) is 0 Å². The minimum absolute atomic E-state index is 0.691. The highest BCUT2D eigenvalue weighted by Gasteiger charge is 1.94. The molecule has 84 valence electrons. The van der Waals surface area contributed by atoms with E-state index in [0.29, 0.717) is 0 Å². The van der Waals surface area contributed by atoms with E-state index in [4.69, 9.17) is 0 Å². The van der Waals surface area contributed by atoms with Crippen molar-refractivity contribution in [1.82, 2.24) is 5.32 Å². The lowest BCUT2D eigenvalue weighted by molar-refractivity contribution is 0.676. The molecule has 1 atom stereocenters. The summed E-state index contributed by atoms with van der Waals surface area (Å²) in [5, 5.41) is 3.28. The number of aryl methyl sites for hydroxylation is 1. The van der Waals surface area contributed by atoms with Gasteiger partial charge in [-0.1, -0.05) is 31.2 Å². The van der Waals surface area contributed by atoms with Gasteiger partial charge >= 0.3 is 0 Å². The van der Waals surface area contributed by atoms with Crippen molar-refractivity contribution >= 4 is 10.8 Å². The second kappa shape index (κ2) is 6.75. The molecule has 0 aromatic heterocycles. The summed E-state index contributed by atoms with van der Waals surface area (Å²) < 4.78 is 10.8. The third-order valence-electron chi connectivity index (χ3n) is 2.33. The first-order valence-corrected chi connectivity index (χ1v) is 7.03. The molecule has 0 aliphatic carbocycles. The van der Waals surface area contributed by atoms with Gasteiger partial charge in [0, 0.05) is 35.9 Å².